The second-order valence-electron chi connectivity index (χ2n) is 3.14. The van der Waals surface area contributed by atoms with Crippen LogP contribution >= 0.6 is 0 Å². The summed E-state index contributed by atoms with van der Waals surface area (Å²) in [6.07, 6.45) is 1.45. The monoisotopic (exact) mass is 217 g/mol. The lowest BCUT2D eigenvalue weighted by molar-refractivity contribution is -0.140. The standard InChI is InChI=1S/C10H19NO4/c1-4-7-11(10(13)15-3)8-5-6-9(12)14-2/h4-8H2,1-3H3. The molecule has 0 spiro atoms. The molecule has 0 fully saturated rings. The molecule has 0 radical (unpaired) electrons. The Labute approximate surface area is 90.3 Å². The van der Waals surface area contributed by atoms with Crippen LogP contribution in [0.1, 0.15) is 26.2 Å². The zero-order valence-electron chi connectivity index (χ0n) is 9.62. The van der Waals surface area contributed by atoms with Crippen molar-refractivity contribution in [1.29, 1.82) is 0 Å². The molecule has 88 valence electrons. The maximum absolute atomic E-state index is 11.2. The summed E-state index contributed by atoms with van der Waals surface area (Å²) in [4.78, 5) is 23.7. The molecule has 5 heteroatoms. The van der Waals surface area contributed by atoms with Gasteiger partial charge in [0.15, 0.2) is 0 Å². The molecule has 0 aliphatic heterocycles. The van der Waals surface area contributed by atoms with Crippen molar-refractivity contribution in [3.63, 3.8) is 0 Å². The summed E-state index contributed by atoms with van der Waals surface area (Å²) in [5.41, 5.74) is 0. The number of amides is 1. The lowest BCUT2D eigenvalue weighted by atomic mass is 10.3. The Morgan fingerprint density at radius 1 is 1.13 bits per heavy atom. The van der Waals surface area contributed by atoms with E-state index in [4.69, 9.17) is 0 Å². The average Bonchev–Trinajstić information content (AvgIpc) is 2.26. The van der Waals surface area contributed by atoms with Crippen LogP contribution in [-0.2, 0) is 14.3 Å². The van der Waals surface area contributed by atoms with Crippen LogP contribution in [0.3, 0.4) is 0 Å². The number of hydrogen-bond donors (Lipinski definition) is 0. The minimum absolute atomic E-state index is 0.253. The maximum atomic E-state index is 11.2. The minimum Gasteiger partial charge on any atom is -0.469 e. The van der Waals surface area contributed by atoms with Crippen molar-refractivity contribution in [1.82, 2.24) is 4.90 Å². The molecule has 0 aromatic rings. The summed E-state index contributed by atoms with van der Waals surface area (Å²) in [6.45, 7) is 3.15. The fourth-order valence-corrected chi connectivity index (χ4v) is 1.21. The molecule has 0 heterocycles. The topological polar surface area (TPSA) is 55.8 Å². The zero-order chi connectivity index (χ0) is 11.7. The molecule has 0 N–H and O–H groups in total. The van der Waals surface area contributed by atoms with Gasteiger partial charge in [-0.05, 0) is 12.8 Å². The first-order valence-electron chi connectivity index (χ1n) is 5.05. The highest BCUT2D eigenvalue weighted by Gasteiger charge is 2.12. The normalized spacial score (nSPS) is 9.53. The Balaban J connectivity index is 3.85. The predicted molar refractivity (Wildman–Crippen MR) is 55.5 cm³/mol. The molecule has 0 aliphatic carbocycles. The van der Waals surface area contributed by atoms with Crippen LogP contribution < -0.4 is 0 Å². The summed E-state index contributed by atoms with van der Waals surface area (Å²) in [5, 5.41) is 0. The van der Waals surface area contributed by atoms with E-state index in [1.54, 1.807) is 4.90 Å². The molecule has 0 unspecified atom stereocenters. The van der Waals surface area contributed by atoms with E-state index in [0.29, 0.717) is 25.9 Å². The van der Waals surface area contributed by atoms with E-state index < -0.39 is 0 Å². The average molecular weight is 217 g/mol. The van der Waals surface area contributed by atoms with Gasteiger partial charge in [-0.15, -0.1) is 0 Å². The van der Waals surface area contributed by atoms with E-state index in [1.165, 1.54) is 14.2 Å². The smallest absolute Gasteiger partial charge is 0.409 e. The van der Waals surface area contributed by atoms with E-state index >= 15 is 0 Å². The van der Waals surface area contributed by atoms with Crippen LogP contribution in [0.15, 0.2) is 0 Å². The predicted octanol–water partition coefficient (Wildman–Crippen LogP) is 1.42. The summed E-state index contributed by atoms with van der Waals surface area (Å²) >= 11 is 0. The summed E-state index contributed by atoms with van der Waals surface area (Å²) in [5.74, 6) is -0.253. The molecule has 0 rings (SSSR count). The van der Waals surface area contributed by atoms with Crippen LogP contribution in [0.5, 0.6) is 0 Å². The molecule has 0 bridgehead atoms. The molecule has 0 aromatic heterocycles. The maximum Gasteiger partial charge on any atom is 0.409 e. The van der Waals surface area contributed by atoms with Crippen molar-refractivity contribution in [2.45, 2.75) is 26.2 Å². The van der Waals surface area contributed by atoms with Gasteiger partial charge < -0.3 is 14.4 Å². The lowest BCUT2D eigenvalue weighted by Crippen LogP contribution is -2.32. The Bertz CT molecular complexity index is 206. The van der Waals surface area contributed by atoms with Crippen LogP contribution in [0.25, 0.3) is 0 Å². The molecule has 0 atom stereocenters. The summed E-state index contributed by atoms with van der Waals surface area (Å²) in [6, 6.07) is 0. The minimum atomic E-state index is -0.346. The van der Waals surface area contributed by atoms with Crippen LogP contribution in [0, 0.1) is 0 Å². The molecule has 1 amide bonds. The summed E-state index contributed by atoms with van der Waals surface area (Å²) < 4.78 is 9.12. The van der Waals surface area contributed by atoms with Gasteiger partial charge in [0.05, 0.1) is 14.2 Å². The van der Waals surface area contributed by atoms with Crippen molar-refractivity contribution in [3.05, 3.63) is 0 Å². The zero-order valence-corrected chi connectivity index (χ0v) is 9.62. The van der Waals surface area contributed by atoms with E-state index in [-0.39, 0.29) is 12.1 Å². The van der Waals surface area contributed by atoms with E-state index in [1.807, 2.05) is 6.92 Å². The van der Waals surface area contributed by atoms with Crippen molar-refractivity contribution in [3.8, 4) is 0 Å². The lowest BCUT2D eigenvalue weighted by Gasteiger charge is -2.19. The summed E-state index contributed by atoms with van der Waals surface area (Å²) in [7, 11) is 2.71. The van der Waals surface area contributed by atoms with Gasteiger partial charge in [-0.25, -0.2) is 4.79 Å². The highest BCUT2D eigenvalue weighted by molar-refractivity contribution is 5.69. The van der Waals surface area contributed by atoms with E-state index in [0.717, 1.165) is 6.42 Å². The molecule has 5 nitrogen and oxygen atoms in total. The van der Waals surface area contributed by atoms with Gasteiger partial charge in [0, 0.05) is 19.5 Å². The number of ether oxygens (including phenoxy) is 2. The fourth-order valence-electron chi connectivity index (χ4n) is 1.21. The number of rotatable bonds is 6. The number of nitrogens with zero attached hydrogens (tertiary/aromatic N) is 1. The first-order valence-corrected chi connectivity index (χ1v) is 5.05. The molecular formula is C10H19NO4. The number of hydrogen-bond acceptors (Lipinski definition) is 4. The Kier molecular flexibility index (Phi) is 7.40. The third-order valence-corrected chi connectivity index (χ3v) is 1.96. The molecular weight excluding hydrogens is 198 g/mol. The van der Waals surface area contributed by atoms with Crippen molar-refractivity contribution in [2.24, 2.45) is 0 Å². The third kappa shape index (κ3) is 5.93. The van der Waals surface area contributed by atoms with Crippen LogP contribution in [0.4, 0.5) is 4.79 Å². The van der Waals surface area contributed by atoms with Gasteiger partial charge in [0.2, 0.25) is 0 Å². The molecule has 0 aromatic carbocycles. The van der Waals surface area contributed by atoms with Gasteiger partial charge in [-0.1, -0.05) is 6.92 Å². The molecule has 0 saturated carbocycles. The number of methoxy groups -OCH3 is 2. The number of esters is 1. The second-order valence-corrected chi connectivity index (χ2v) is 3.14. The number of carbonyl (C=O) groups excluding carboxylic acids is 2. The first-order chi connectivity index (χ1) is 7.15. The first kappa shape index (κ1) is 13.7. The molecule has 15 heavy (non-hydrogen) atoms. The Hall–Kier alpha value is -1.26. The van der Waals surface area contributed by atoms with Crippen molar-refractivity contribution < 1.29 is 19.1 Å². The van der Waals surface area contributed by atoms with Crippen molar-refractivity contribution in [2.75, 3.05) is 27.3 Å². The quantitative estimate of drug-likeness (QED) is 0.631. The Morgan fingerprint density at radius 3 is 2.27 bits per heavy atom. The van der Waals surface area contributed by atoms with Crippen LogP contribution in [0.2, 0.25) is 0 Å². The van der Waals surface area contributed by atoms with Gasteiger partial charge in [0.25, 0.3) is 0 Å². The van der Waals surface area contributed by atoms with Gasteiger partial charge in [0.1, 0.15) is 0 Å². The van der Waals surface area contributed by atoms with Gasteiger partial charge in [-0.2, -0.15) is 0 Å². The van der Waals surface area contributed by atoms with Crippen molar-refractivity contribution >= 4 is 12.1 Å². The van der Waals surface area contributed by atoms with Crippen LogP contribution in [-0.4, -0.2) is 44.3 Å². The van der Waals surface area contributed by atoms with E-state index in [9.17, 15) is 9.59 Å². The Morgan fingerprint density at radius 2 is 1.80 bits per heavy atom. The van der Waals surface area contributed by atoms with Gasteiger partial charge in [-0.3, -0.25) is 4.79 Å². The highest BCUT2D eigenvalue weighted by atomic mass is 16.5. The molecule has 0 saturated heterocycles. The van der Waals surface area contributed by atoms with E-state index in [2.05, 4.69) is 9.47 Å². The largest absolute Gasteiger partial charge is 0.469 e. The SMILES string of the molecule is CCCN(CCCC(=O)OC)C(=O)OC. The second kappa shape index (κ2) is 8.08. The number of carbonyl (C=O) groups is 2. The highest BCUT2D eigenvalue weighted by Crippen LogP contribution is 2.00. The third-order valence-electron chi connectivity index (χ3n) is 1.96. The molecule has 0 aliphatic rings. The fraction of sp³-hybridized carbons (Fsp3) is 0.800. The van der Waals surface area contributed by atoms with Gasteiger partial charge >= 0.3 is 12.1 Å².